The fraction of sp³-hybridized carbons (Fsp3) is 0.200. The molecule has 1 aliphatic carbocycles. The molecule has 0 bridgehead atoms. The van der Waals surface area contributed by atoms with Crippen molar-refractivity contribution in [1.82, 2.24) is 5.32 Å². The zero-order valence-electron chi connectivity index (χ0n) is 18.7. The number of nitrogens with one attached hydrogen (secondary N) is 3. The van der Waals surface area contributed by atoms with Crippen molar-refractivity contribution < 1.29 is 18.0 Å². The molecular formula is C25H24ClN3O4S. The minimum atomic E-state index is -3.90. The van der Waals surface area contributed by atoms with Crippen LogP contribution in [0.25, 0.3) is 0 Å². The number of carbonyl (C=O) groups is 2. The predicted molar refractivity (Wildman–Crippen MR) is 133 cm³/mol. The third-order valence-electron chi connectivity index (χ3n) is 5.42. The van der Waals surface area contributed by atoms with E-state index in [1.807, 2.05) is 13.0 Å². The Labute approximate surface area is 203 Å². The van der Waals surface area contributed by atoms with Crippen molar-refractivity contribution in [2.24, 2.45) is 0 Å². The van der Waals surface area contributed by atoms with Crippen molar-refractivity contribution in [3.8, 4) is 0 Å². The first-order chi connectivity index (χ1) is 16.1. The summed E-state index contributed by atoms with van der Waals surface area (Å²) < 4.78 is 28.3. The van der Waals surface area contributed by atoms with E-state index in [0.29, 0.717) is 22.5 Å². The van der Waals surface area contributed by atoms with Gasteiger partial charge in [-0.05, 0) is 80.3 Å². The van der Waals surface area contributed by atoms with Crippen molar-refractivity contribution in [2.75, 3.05) is 10.0 Å². The molecule has 0 heterocycles. The van der Waals surface area contributed by atoms with Crippen LogP contribution in [-0.4, -0.2) is 26.3 Å². The maximum absolute atomic E-state index is 13.0. The van der Waals surface area contributed by atoms with Crippen molar-refractivity contribution in [3.63, 3.8) is 0 Å². The summed E-state index contributed by atoms with van der Waals surface area (Å²) in [5.41, 5.74) is 2.89. The van der Waals surface area contributed by atoms with Gasteiger partial charge in [0.05, 0.1) is 15.5 Å². The van der Waals surface area contributed by atoms with Gasteiger partial charge in [-0.2, -0.15) is 0 Å². The number of sulfonamides is 1. The highest BCUT2D eigenvalue weighted by atomic mass is 35.5. The number of benzene rings is 3. The molecule has 7 nitrogen and oxygen atoms in total. The normalized spacial score (nSPS) is 13.3. The molecule has 9 heteroatoms. The van der Waals surface area contributed by atoms with Crippen LogP contribution >= 0.6 is 11.6 Å². The van der Waals surface area contributed by atoms with Gasteiger partial charge in [-0.1, -0.05) is 29.8 Å². The molecule has 0 radical (unpaired) electrons. The van der Waals surface area contributed by atoms with Crippen LogP contribution in [0, 0.1) is 13.8 Å². The lowest BCUT2D eigenvalue weighted by molar-refractivity contribution is 0.0950. The van der Waals surface area contributed by atoms with Crippen LogP contribution in [0.15, 0.2) is 65.6 Å². The molecule has 0 spiro atoms. The van der Waals surface area contributed by atoms with E-state index >= 15 is 0 Å². The van der Waals surface area contributed by atoms with Crippen LogP contribution in [0.4, 0.5) is 11.4 Å². The molecule has 3 aromatic carbocycles. The topological polar surface area (TPSA) is 104 Å². The summed E-state index contributed by atoms with van der Waals surface area (Å²) >= 11 is 6.26. The largest absolute Gasteiger partial charge is 0.349 e. The summed E-state index contributed by atoms with van der Waals surface area (Å²) in [5.74, 6) is -0.739. The zero-order chi connectivity index (χ0) is 24.5. The fourth-order valence-electron chi connectivity index (χ4n) is 3.40. The summed E-state index contributed by atoms with van der Waals surface area (Å²) in [6.07, 6.45) is 1.93. The lowest BCUT2D eigenvalue weighted by atomic mass is 10.1. The lowest BCUT2D eigenvalue weighted by Gasteiger charge is -2.13. The SMILES string of the molecule is Cc1cccc(NS(=O)(=O)c2ccc(C)c(C(=O)Nc3ccc(C(=O)NC4CC4)c(Cl)c3)c2)c1. The molecule has 0 aromatic heterocycles. The summed E-state index contributed by atoms with van der Waals surface area (Å²) in [7, 11) is -3.90. The molecule has 176 valence electrons. The van der Waals surface area contributed by atoms with E-state index < -0.39 is 15.9 Å². The van der Waals surface area contributed by atoms with Crippen LogP contribution in [0.3, 0.4) is 0 Å². The second-order valence-corrected chi connectivity index (χ2v) is 10.4. The first kappa shape index (κ1) is 23.8. The molecule has 0 unspecified atom stereocenters. The van der Waals surface area contributed by atoms with Crippen LogP contribution in [0.5, 0.6) is 0 Å². The van der Waals surface area contributed by atoms with Crippen LogP contribution in [-0.2, 0) is 10.0 Å². The number of hydrogen-bond donors (Lipinski definition) is 3. The first-order valence-corrected chi connectivity index (χ1v) is 12.6. The molecule has 0 aliphatic heterocycles. The monoisotopic (exact) mass is 497 g/mol. The molecule has 0 saturated heterocycles. The van der Waals surface area contributed by atoms with Gasteiger partial charge in [-0.15, -0.1) is 0 Å². The molecule has 1 fully saturated rings. The Morgan fingerprint density at radius 1 is 0.882 bits per heavy atom. The van der Waals surface area contributed by atoms with E-state index in [1.165, 1.54) is 18.2 Å². The highest BCUT2D eigenvalue weighted by Gasteiger charge is 2.25. The molecule has 3 aromatic rings. The van der Waals surface area contributed by atoms with Gasteiger partial charge in [-0.3, -0.25) is 14.3 Å². The van der Waals surface area contributed by atoms with E-state index in [2.05, 4.69) is 15.4 Å². The summed E-state index contributed by atoms with van der Waals surface area (Å²) in [6.45, 7) is 3.59. The summed E-state index contributed by atoms with van der Waals surface area (Å²) in [6, 6.07) is 16.2. The lowest BCUT2D eigenvalue weighted by Crippen LogP contribution is -2.25. The standard InChI is InChI=1S/C25H24ClN3O4S/c1-15-4-3-5-19(12-15)29-34(32,33)20-10-6-16(2)22(14-20)25(31)28-18-9-11-21(23(26)13-18)24(30)27-17-7-8-17/h3-6,9-14,17,29H,7-8H2,1-2H3,(H,27,30)(H,28,31). The van der Waals surface area contributed by atoms with E-state index in [9.17, 15) is 18.0 Å². The first-order valence-electron chi connectivity index (χ1n) is 10.7. The number of rotatable bonds is 7. The van der Waals surface area contributed by atoms with E-state index in [0.717, 1.165) is 18.4 Å². The van der Waals surface area contributed by atoms with Crippen LogP contribution in [0.1, 0.15) is 44.7 Å². The third kappa shape index (κ3) is 5.58. The molecule has 0 atom stereocenters. The molecule has 3 N–H and O–H groups in total. The number of halogens is 1. The number of carbonyl (C=O) groups excluding carboxylic acids is 2. The Kier molecular flexibility index (Phi) is 6.63. The van der Waals surface area contributed by atoms with Crippen molar-refractivity contribution in [2.45, 2.75) is 37.6 Å². The summed E-state index contributed by atoms with van der Waals surface area (Å²) in [4.78, 5) is 25.2. The molecular weight excluding hydrogens is 474 g/mol. The fourth-order valence-corrected chi connectivity index (χ4v) is 4.74. The maximum Gasteiger partial charge on any atom is 0.261 e. The van der Waals surface area contributed by atoms with Crippen molar-refractivity contribution >= 4 is 44.8 Å². The van der Waals surface area contributed by atoms with Gasteiger partial charge in [0.15, 0.2) is 0 Å². The second-order valence-electron chi connectivity index (χ2n) is 8.35. The van der Waals surface area contributed by atoms with Gasteiger partial charge < -0.3 is 10.6 Å². The average molecular weight is 498 g/mol. The number of aryl methyl sites for hydroxylation is 2. The predicted octanol–water partition coefficient (Wildman–Crippen LogP) is 4.90. The molecule has 2 amide bonds. The second kappa shape index (κ2) is 9.48. The van der Waals surface area contributed by atoms with Crippen molar-refractivity contribution in [3.05, 3.63) is 87.9 Å². The van der Waals surface area contributed by atoms with Gasteiger partial charge in [0.25, 0.3) is 21.8 Å². The maximum atomic E-state index is 13.0. The molecule has 1 aliphatic rings. The summed E-state index contributed by atoms with van der Waals surface area (Å²) in [5, 5.41) is 5.81. The zero-order valence-corrected chi connectivity index (χ0v) is 20.3. The number of anilines is 2. The average Bonchev–Trinajstić information content (AvgIpc) is 3.57. The van der Waals surface area contributed by atoms with E-state index in [-0.39, 0.29) is 27.4 Å². The Hall–Kier alpha value is -3.36. The van der Waals surface area contributed by atoms with Crippen molar-refractivity contribution in [1.29, 1.82) is 0 Å². The van der Waals surface area contributed by atoms with Gasteiger partial charge >= 0.3 is 0 Å². The van der Waals surface area contributed by atoms with Gasteiger partial charge in [0, 0.05) is 23.0 Å². The quantitative estimate of drug-likeness (QED) is 0.431. The molecule has 1 saturated carbocycles. The van der Waals surface area contributed by atoms with E-state index in [1.54, 1.807) is 43.3 Å². The minimum absolute atomic E-state index is 0.0325. The Morgan fingerprint density at radius 2 is 1.65 bits per heavy atom. The molecule has 34 heavy (non-hydrogen) atoms. The van der Waals surface area contributed by atoms with Gasteiger partial charge in [0.2, 0.25) is 0 Å². The number of amides is 2. The Balaban J connectivity index is 1.52. The van der Waals surface area contributed by atoms with Crippen LogP contribution < -0.4 is 15.4 Å². The minimum Gasteiger partial charge on any atom is -0.349 e. The Morgan fingerprint density at radius 3 is 2.32 bits per heavy atom. The Bertz CT molecular complexity index is 1380. The smallest absolute Gasteiger partial charge is 0.261 e. The van der Waals surface area contributed by atoms with Gasteiger partial charge in [-0.25, -0.2) is 8.42 Å². The third-order valence-corrected chi connectivity index (χ3v) is 7.11. The molecule has 4 rings (SSSR count). The van der Waals surface area contributed by atoms with E-state index in [4.69, 9.17) is 11.6 Å². The van der Waals surface area contributed by atoms with Gasteiger partial charge in [0.1, 0.15) is 0 Å². The number of hydrogen-bond acceptors (Lipinski definition) is 4. The highest BCUT2D eigenvalue weighted by Crippen LogP contribution is 2.25. The van der Waals surface area contributed by atoms with Crippen LogP contribution in [0.2, 0.25) is 5.02 Å². The highest BCUT2D eigenvalue weighted by molar-refractivity contribution is 7.92.